The third kappa shape index (κ3) is 4.43. The summed E-state index contributed by atoms with van der Waals surface area (Å²) in [6.45, 7) is -0.0240. The minimum atomic E-state index is -3.46. The number of carbonyl (C=O) groups excluding carboxylic acids is 1. The number of sulfonamides is 1. The van der Waals surface area contributed by atoms with E-state index in [4.69, 9.17) is 18.7 Å². The predicted molar refractivity (Wildman–Crippen MR) is 108 cm³/mol. The summed E-state index contributed by atoms with van der Waals surface area (Å²) < 4.78 is 47.7. The highest BCUT2D eigenvalue weighted by Crippen LogP contribution is 2.31. The molecule has 0 atom stereocenters. The molecule has 0 saturated carbocycles. The SMILES string of the molecule is COc1ccc(-c2noc(COC(=O)C3=CN4CCS(=O)(=O)N=C4C=C3)n2)c(OC)c1. The van der Waals surface area contributed by atoms with E-state index in [-0.39, 0.29) is 42.0 Å². The second kappa shape index (κ2) is 8.22. The highest BCUT2D eigenvalue weighted by Gasteiger charge is 2.25. The molecule has 0 N–H and O–H groups in total. The van der Waals surface area contributed by atoms with Gasteiger partial charge in [-0.05, 0) is 24.3 Å². The number of methoxy groups -OCH3 is 2. The van der Waals surface area contributed by atoms with Gasteiger partial charge in [-0.1, -0.05) is 5.16 Å². The van der Waals surface area contributed by atoms with Gasteiger partial charge in [-0.25, -0.2) is 13.2 Å². The summed E-state index contributed by atoms with van der Waals surface area (Å²) in [7, 11) is -0.398. The number of hydrogen-bond donors (Lipinski definition) is 0. The lowest BCUT2D eigenvalue weighted by molar-refractivity contribution is -0.140. The molecule has 0 spiro atoms. The fourth-order valence-corrected chi connectivity index (χ4v) is 3.91. The van der Waals surface area contributed by atoms with E-state index in [2.05, 4.69) is 14.5 Å². The number of rotatable bonds is 6. The first-order valence-corrected chi connectivity index (χ1v) is 10.7. The van der Waals surface area contributed by atoms with Crippen LogP contribution in [0.4, 0.5) is 0 Å². The minimum Gasteiger partial charge on any atom is -0.497 e. The summed E-state index contributed by atoms with van der Waals surface area (Å²) in [5.74, 6) is 1.02. The van der Waals surface area contributed by atoms with Crippen molar-refractivity contribution in [2.24, 2.45) is 4.40 Å². The highest BCUT2D eigenvalue weighted by molar-refractivity contribution is 7.90. The zero-order valence-electron chi connectivity index (χ0n) is 16.6. The smallest absolute Gasteiger partial charge is 0.340 e. The molecule has 11 nitrogen and oxygen atoms in total. The summed E-state index contributed by atoms with van der Waals surface area (Å²) in [6.07, 6.45) is 4.39. The van der Waals surface area contributed by atoms with Crippen molar-refractivity contribution in [2.45, 2.75) is 6.61 Å². The molecule has 2 aliphatic rings. The zero-order chi connectivity index (χ0) is 22.0. The van der Waals surface area contributed by atoms with E-state index in [9.17, 15) is 13.2 Å². The summed E-state index contributed by atoms with van der Waals surface area (Å²) in [6, 6.07) is 5.16. The van der Waals surface area contributed by atoms with Crippen LogP contribution in [0.15, 0.2) is 51.0 Å². The molecule has 0 unspecified atom stereocenters. The third-order valence-corrected chi connectivity index (χ3v) is 5.67. The van der Waals surface area contributed by atoms with Crippen molar-refractivity contribution >= 4 is 21.8 Å². The lowest BCUT2D eigenvalue weighted by atomic mass is 10.2. The first kappa shape index (κ1) is 20.6. The Balaban J connectivity index is 1.42. The van der Waals surface area contributed by atoms with E-state index in [1.54, 1.807) is 30.2 Å². The monoisotopic (exact) mass is 446 g/mol. The van der Waals surface area contributed by atoms with Gasteiger partial charge >= 0.3 is 5.97 Å². The molecule has 0 saturated heterocycles. The average molecular weight is 446 g/mol. The van der Waals surface area contributed by atoms with Crippen molar-refractivity contribution in [3.63, 3.8) is 0 Å². The quantitative estimate of drug-likeness (QED) is 0.598. The Morgan fingerprint density at radius 3 is 2.84 bits per heavy atom. The molecule has 4 rings (SSSR count). The lowest BCUT2D eigenvalue weighted by Gasteiger charge is -2.26. The fraction of sp³-hybridized carbons (Fsp3) is 0.263. The Labute approximate surface area is 177 Å². The van der Waals surface area contributed by atoms with Crippen molar-refractivity contribution in [3.05, 3.63) is 48.0 Å². The Morgan fingerprint density at radius 2 is 2.06 bits per heavy atom. The van der Waals surface area contributed by atoms with Gasteiger partial charge in [0, 0.05) is 18.8 Å². The van der Waals surface area contributed by atoms with Crippen LogP contribution in [0.3, 0.4) is 0 Å². The molecule has 0 amide bonds. The van der Waals surface area contributed by atoms with Crippen LogP contribution in [0.5, 0.6) is 11.5 Å². The first-order chi connectivity index (χ1) is 14.9. The molecule has 1 aromatic heterocycles. The maximum atomic E-state index is 12.4. The van der Waals surface area contributed by atoms with Gasteiger partial charge in [0.2, 0.25) is 5.82 Å². The maximum absolute atomic E-state index is 12.4. The Kier molecular flexibility index (Phi) is 5.46. The topological polar surface area (TPSA) is 133 Å². The first-order valence-electron chi connectivity index (χ1n) is 9.10. The molecule has 0 aliphatic carbocycles. The number of esters is 1. The van der Waals surface area contributed by atoms with E-state index >= 15 is 0 Å². The van der Waals surface area contributed by atoms with Gasteiger partial charge < -0.3 is 23.6 Å². The van der Waals surface area contributed by atoms with Crippen LogP contribution in [-0.4, -0.2) is 61.8 Å². The van der Waals surface area contributed by atoms with E-state index in [0.29, 0.717) is 17.1 Å². The zero-order valence-corrected chi connectivity index (χ0v) is 17.5. The van der Waals surface area contributed by atoms with Crippen LogP contribution in [0.2, 0.25) is 0 Å². The minimum absolute atomic E-state index is 0.105. The molecule has 31 heavy (non-hydrogen) atoms. The van der Waals surface area contributed by atoms with Crippen molar-refractivity contribution in [2.75, 3.05) is 26.5 Å². The van der Waals surface area contributed by atoms with Crippen molar-refractivity contribution in [1.82, 2.24) is 15.0 Å². The Hall–Kier alpha value is -3.67. The van der Waals surface area contributed by atoms with Crippen LogP contribution in [-0.2, 0) is 26.2 Å². The number of ether oxygens (including phenoxy) is 3. The van der Waals surface area contributed by atoms with Crippen molar-refractivity contribution in [1.29, 1.82) is 0 Å². The lowest BCUT2D eigenvalue weighted by Crippen LogP contribution is -2.37. The predicted octanol–water partition coefficient (Wildman–Crippen LogP) is 1.29. The summed E-state index contributed by atoms with van der Waals surface area (Å²) in [5, 5.41) is 3.90. The second-order valence-electron chi connectivity index (χ2n) is 6.50. The van der Waals surface area contributed by atoms with Crippen molar-refractivity contribution < 1.29 is 31.9 Å². The number of hydrogen-bond acceptors (Lipinski definition) is 10. The van der Waals surface area contributed by atoms with Gasteiger partial charge in [0.15, 0.2) is 6.61 Å². The van der Waals surface area contributed by atoms with E-state index in [0.717, 1.165) is 0 Å². The number of carbonyl (C=O) groups is 1. The standard InChI is InChI=1S/C19H18N4O7S/c1-27-13-4-5-14(15(9-13)28-2)18-20-17(30-21-18)11-29-19(24)12-3-6-16-22-31(25,26)8-7-23(16)10-12/h3-6,9-10H,7-8,11H2,1-2H3. The number of benzene rings is 1. The van der Waals surface area contributed by atoms with Gasteiger partial charge in [0.05, 0.1) is 31.1 Å². The fourth-order valence-electron chi connectivity index (χ4n) is 2.94. The third-order valence-electron chi connectivity index (χ3n) is 4.50. The number of aromatic nitrogens is 2. The molecule has 3 heterocycles. The maximum Gasteiger partial charge on any atom is 0.340 e. The summed E-state index contributed by atoms with van der Waals surface area (Å²) >= 11 is 0. The second-order valence-corrected chi connectivity index (χ2v) is 8.26. The van der Waals surface area contributed by atoms with Gasteiger partial charge in [-0.15, -0.1) is 4.40 Å². The van der Waals surface area contributed by atoms with Gasteiger partial charge in [-0.2, -0.15) is 4.98 Å². The Bertz CT molecular complexity index is 1210. The van der Waals surface area contributed by atoms with E-state index < -0.39 is 16.0 Å². The molecular weight excluding hydrogens is 428 g/mol. The molecular formula is C19H18N4O7S. The molecule has 0 radical (unpaired) electrons. The molecule has 162 valence electrons. The molecule has 2 aromatic rings. The molecule has 0 fully saturated rings. The molecule has 2 aliphatic heterocycles. The number of amidine groups is 1. The van der Waals surface area contributed by atoms with Crippen LogP contribution in [0, 0.1) is 0 Å². The van der Waals surface area contributed by atoms with Crippen molar-refractivity contribution in [3.8, 4) is 22.9 Å². The highest BCUT2D eigenvalue weighted by atomic mass is 32.2. The van der Waals surface area contributed by atoms with Gasteiger partial charge in [0.1, 0.15) is 17.3 Å². The largest absolute Gasteiger partial charge is 0.497 e. The van der Waals surface area contributed by atoms with E-state index in [1.807, 2.05) is 0 Å². The van der Waals surface area contributed by atoms with E-state index in [1.165, 1.54) is 25.5 Å². The summed E-state index contributed by atoms with van der Waals surface area (Å²) in [5.41, 5.74) is 0.837. The number of nitrogens with zero attached hydrogens (tertiary/aromatic N) is 4. The molecule has 12 heteroatoms. The number of fused-ring (bicyclic) bond motifs is 1. The van der Waals surface area contributed by atoms with Crippen LogP contribution in [0.1, 0.15) is 5.89 Å². The molecule has 1 aromatic carbocycles. The molecule has 0 bridgehead atoms. The van der Waals surface area contributed by atoms with Crippen LogP contribution in [0.25, 0.3) is 11.4 Å². The summed E-state index contributed by atoms with van der Waals surface area (Å²) in [4.78, 5) is 18.2. The van der Waals surface area contributed by atoms with Crippen LogP contribution >= 0.6 is 0 Å². The average Bonchev–Trinajstić information content (AvgIpc) is 3.24. The van der Waals surface area contributed by atoms with Gasteiger partial charge in [0.25, 0.3) is 15.9 Å². The van der Waals surface area contributed by atoms with Crippen LogP contribution < -0.4 is 9.47 Å². The normalized spacial score (nSPS) is 16.8. The van der Waals surface area contributed by atoms with Gasteiger partial charge in [-0.3, -0.25) is 0 Å². The Morgan fingerprint density at radius 1 is 1.23 bits per heavy atom.